The van der Waals surface area contributed by atoms with Gasteiger partial charge in [0.25, 0.3) is 0 Å². The fraction of sp³-hybridized carbons (Fsp3) is 0.533. The molecule has 3 N–H and O–H groups in total. The molecule has 1 aromatic heterocycles. The smallest absolute Gasteiger partial charge is 0.138 e. The highest BCUT2D eigenvalue weighted by Gasteiger charge is 2.18. The van der Waals surface area contributed by atoms with Crippen molar-refractivity contribution in [3.05, 3.63) is 24.0 Å². The van der Waals surface area contributed by atoms with Crippen LogP contribution in [0.3, 0.4) is 0 Å². The lowest BCUT2D eigenvalue weighted by Crippen LogP contribution is -2.12. The molecule has 1 aromatic carbocycles. The van der Waals surface area contributed by atoms with E-state index in [0.717, 1.165) is 34.8 Å². The van der Waals surface area contributed by atoms with Gasteiger partial charge in [-0.3, -0.25) is 0 Å². The minimum Gasteiger partial charge on any atom is -0.399 e. The molecule has 2 unspecified atom stereocenters. The van der Waals surface area contributed by atoms with Crippen LogP contribution in [0.25, 0.3) is 11.0 Å². The fourth-order valence-electron chi connectivity index (χ4n) is 2.42. The van der Waals surface area contributed by atoms with Crippen molar-refractivity contribution in [3.63, 3.8) is 0 Å². The quantitative estimate of drug-likeness (QED) is 0.633. The molecule has 20 heavy (non-hydrogen) atoms. The van der Waals surface area contributed by atoms with E-state index in [4.69, 9.17) is 5.73 Å². The molecule has 110 valence electrons. The summed E-state index contributed by atoms with van der Waals surface area (Å²) in [6.45, 7) is 6.11. The maximum atomic E-state index is 9.98. The number of thioether (sulfide) groups is 1. The molecule has 0 saturated heterocycles. The Bertz CT molecular complexity index is 580. The average Bonchev–Trinajstić information content (AvgIpc) is 2.77. The number of aromatic nitrogens is 2. The minimum absolute atomic E-state index is 0.312. The van der Waals surface area contributed by atoms with Gasteiger partial charge in [-0.15, -0.1) is 0 Å². The van der Waals surface area contributed by atoms with E-state index in [1.165, 1.54) is 0 Å². The molecule has 2 aromatic rings. The van der Waals surface area contributed by atoms with Crippen LogP contribution >= 0.6 is 11.8 Å². The summed E-state index contributed by atoms with van der Waals surface area (Å²) in [7, 11) is 0. The molecule has 0 radical (unpaired) electrons. The normalized spacial score (nSPS) is 14.6. The first-order chi connectivity index (χ1) is 9.54. The van der Waals surface area contributed by atoms with Crippen LogP contribution in [0.1, 0.15) is 45.2 Å². The summed E-state index contributed by atoms with van der Waals surface area (Å²) in [6.07, 6.45) is 0.485. The highest BCUT2D eigenvalue weighted by molar-refractivity contribution is 7.99. The van der Waals surface area contributed by atoms with E-state index in [0.29, 0.717) is 11.7 Å². The number of hydrogen-bond acceptors (Lipinski definition) is 4. The summed E-state index contributed by atoms with van der Waals surface area (Å²) in [5.74, 6) is 2.97. The predicted molar refractivity (Wildman–Crippen MR) is 87.1 cm³/mol. The monoisotopic (exact) mass is 293 g/mol. The minimum atomic E-state index is -0.579. The van der Waals surface area contributed by atoms with Crippen molar-refractivity contribution < 1.29 is 5.11 Å². The van der Waals surface area contributed by atoms with Crippen molar-refractivity contribution in [1.29, 1.82) is 0 Å². The Morgan fingerprint density at radius 1 is 1.40 bits per heavy atom. The summed E-state index contributed by atoms with van der Waals surface area (Å²) < 4.78 is 2.15. The van der Waals surface area contributed by atoms with Gasteiger partial charge >= 0.3 is 0 Å². The molecule has 0 aliphatic heterocycles. The van der Waals surface area contributed by atoms with Crippen LogP contribution in [0.4, 0.5) is 5.69 Å². The second-order valence-corrected chi connectivity index (χ2v) is 6.49. The summed E-state index contributed by atoms with van der Waals surface area (Å²) in [5, 5.41) is 9.98. The first-order valence-electron chi connectivity index (χ1n) is 7.07. The number of anilines is 1. The number of aliphatic hydroxyl groups excluding tert-OH is 1. The summed E-state index contributed by atoms with van der Waals surface area (Å²) in [4.78, 5) is 4.55. The van der Waals surface area contributed by atoms with Gasteiger partial charge in [-0.1, -0.05) is 6.92 Å². The maximum Gasteiger partial charge on any atom is 0.138 e. The van der Waals surface area contributed by atoms with E-state index >= 15 is 0 Å². The molecule has 0 bridgehead atoms. The molecule has 2 atom stereocenters. The second-order valence-electron chi connectivity index (χ2n) is 5.10. The molecule has 0 spiro atoms. The van der Waals surface area contributed by atoms with Crippen molar-refractivity contribution in [2.75, 3.05) is 17.2 Å². The Hall–Kier alpha value is -1.20. The van der Waals surface area contributed by atoms with E-state index in [9.17, 15) is 5.11 Å². The third-order valence-electron chi connectivity index (χ3n) is 3.44. The van der Waals surface area contributed by atoms with E-state index in [1.54, 1.807) is 6.92 Å². The van der Waals surface area contributed by atoms with Crippen LogP contribution in [0.15, 0.2) is 18.2 Å². The Labute approximate surface area is 124 Å². The van der Waals surface area contributed by atoms with Crippen molar-refractivity contribution in [2.45, 2.75) is 39.3 Å². The lowest BCUT2D eigenvalue weighted by atomic mass is 10.2. The summed E-state index contributed by atoms with van der Waals surface area (Å²) >= 11 is 1.94. The molecule has 0 aliphatic rings. The van der Waals surface area contributed by atoms with Crippen LogP contribution in [-0.2, 0) is 0 Å². The van der Waals surface area contributed by atoms with Crippen molar-refractivity contribution in [2.24, 2.45) is 0 Å². The molecule has 0 saturated carbocycles. The standard InChI is InChI=1S/C15H23N3OS/c1-4-20-8-7-10(2)18-14-6-5-12(16)9-13(14)17-15(18)11(3)19/h5-6,9-11,19H,4,7-8,16H2,1-3H3. The van der Waals surface area contributed by atoms with E-state index < -0.39 is 6.10 Å². The number of hydrogen-bond donors (Lipinski definition) is 2. The first-order valence-corrected chi connectivity index (χ1v) is 8.23. The molecule has 1 heterocycles. The Balaban J connectivity index is 2.40. The third-order valence-corrected chi connectivity index (χ3v) is 4.37. The SMILES string of the molecule is CCSCCC(C)n1c(C(C)O)nc2cc(N)ccc21. The Morgan fingerprint density at radius 3 is 2.80 bits per heavy atom. The zero-order valence-corrected chi connectivity index (χ0v) is 13.2. The molecule has 0 aliphatic carbocycles. The first kappa shape index (κ1) is 15.2. The van der Waals surface area contributed by atoms with Crippen LogP contribution in [0, 0.1) is 0 Å². The second kappa shape index (κ2) is 6.50. The fourth-order valence-corrected chi connectivity index (χ4v) is 3.22. The number of nitrogen functional groups attached to an aromatic ring is 1. The van der Waals surface area contributed by atoms with Crippen LogP contribution < -0.4 is 5.73 Å². The van der Waals surface area contributed by atoms with E-state index in [1.807, 2.05) is 30.0 Å². The summed E-state index contributed by atoms with van der Waals surface area (Å²) in [6, 6.07) is 6.06. The van der Waals surface area contributed by atoms with Gasteiger partial charge in [0.1, 0.15) is 11.9 Å². The molecule has 0 fully saturated rings. The van der Waals surface area contributed by atoms with Gasteiger partial charge in [0.05, 0.1) is 11.0 Å². The van der Waals surface area contributed by atoms with Gasteiger partial charge in [-0.25, -0.2) is 4.98 Å². The largest absolute Gasteiger partial charge is 0.399 e. The van der Waals surface area contributed by atoms with Gasteiger partial charge in [0.15, 0.2) is 0 Å². The number of nitrogens with two attached hydrogens (primary N) is 1. The van der Waals surface area contributed by atoms with Crippen LogP contribution in [0.2, 0.25) is 0 Å². The van der Waals surface area contributed by atoms with E-state index in [2.05, 4.69) is 23.4 Å². The van der Waals surface area contributed by atoms with Crippen LogP contribution in [-0.4, -0.2) is 26.2 Å². The Morgan fingerprint density at radius 2 is 2.15 bits per heavy atom. The van der Waals surface area contributed by atoms with Crippen molar-refractivity contribution in [3.8, 4) is 0 Å². The number of fused-ring (bicyclic) bond motifs is 1. The molecular formula is C15H23N3OS. The Kier molecular flexibility index (Phi) is 4.94. The number of nitrogens with zero attached hydrogens (tertiary/aromatic N) is 2. The lowest BCUT2D eigenvalue weighted by Gasteiger charge is -2.18. The third kappa shape index (κ3) is 3.10. The summed E-state index contributed by atoms with van der Waals surface area (Å²) in [5.41, 5.74) is 8.42. The molecule has 5 heteroatoms. The van der Waals surface area contributed by atoms with Gasteiger partial charge in [0, 0.05) is 11.7 Å². The van der Waals surface area contributed by atoms with Crippen molar-refractivity contribution >= 4 is 28.5 Å². The van der Waals surface area contributed by atoms with Gasteiger partial charge in [-0.2, -0.15) is 11.8 Å². The molecular weight excluding hydrogens is 270 g/mol. The molecule has 4 nitrogen and oxygen atoms in total. The highest BCUT2D eigenvalue weighted by atomic mass is 32.2. The van der Waals surface area contributed by atoms with Gasteiger partial charge in [-0.05, 0) is 50.0 Å². The van der Waals surface area contributed by atoms with Crippen LogP contribution in [0.5, 0.6) is 0 Å². The lowest BCUT2D eigenvalue weighted by molar-refractivity contribution is 0.182. The molecule has 2 rings (SSSR count). The van der Waals surface area contributed by atoms with Gasteiger partial charge < -0.3 is 15.4 Å². The van der Waals surface area contributed by atoms with Gasteiger partial charge in [0.2, 0.25) is 0 Å². The van der Waals surface area contributed by atoms with Crippen molar-refractivity contribution in [1.82, 2.24) is 9.55 Å². The number of imidazole rings is 1. The number of aliphatic hydroxyl groups is 1. The predicted octanol–water partition coefficient (Wildman–Crippen LogP) is 3.38. The zero-order valence-electron chi connectivity index (χ0n) is 12.3. The maximum absolute atomic E-state index is 9.98. The number of rotatable bonds is 6. The highest BCUT2D eigenvalue weighted by Crippen LogP contribution is 2.28. The average molecular weight is 293 g/mol. The topological polar surface area (TPSA) is 64.1 Å². The number of benzene rings is 1. The zero-order chi connectivity index (χ0) is 14.7. The van der Waals surface area contributed by atoms with E-state index in [-0.39, 0.29) is 0 Å². The molecule has 0 amide bonds.